The van der Waals surface area contributed by atoms with Crippen LogP contribution >= 0.6 is 0 Å². The summed E-state index contributed by atoms with van der Waals surface area (Å²) in [4.78, 5) is 0. The highest BCUT2D eigenvalue weighted by molar-refractivity contribution is 6.04. The number of hydrogen-bond acceptors (Lipinski definition) is 2. The van der Waals surface area contributed by atoms with Crippen molar-refractivity contribution < 1.29 is 0 Å². The van der Waals surface area contributed by atoms with Gasteiger partial charge in [0.2, 0.25) is 0 Å². The number of fused-ring (bicyclic) bond motifs is 3. The second kappa shape index (κ2) is 3.27. The number of aromatic nitrogens is 2. The minimum Gasteiger partial charge on any atom is -0.150 e. The molecular weight excluding hydrogens is 196 g/mol. The Kier molecular flexibility index (Phi) is 1.90. The van der Waals surface area contributed by atoms with Gasteiger partial charge in [0, 0.05) is 10.8 Å². The molecule has 0 aliphatic carbocycles. The first-order valence-electron chi connectivity index (χ1n) is 5.38. The van der Waals surface area contributed by atoms with Crippen LogP contribution in [0.4, 0.5) is 0 Å². The Balaban J connectivity index is 2.59. The van der Waals surface area contributed by atoms with E-state index in [2.05, 4.69) is 42.2 Å². The molecular formula is C14H12N2. The third-order valence-electron chi connectivity index (χ3n) is 2.90. The maximum atomic E-state index is 4.30. The van der Waals surface area contributed by atoms with Gasteiger partial charge in [0.15, 0.2) is 0 Å². The molecule has 2 heteroatoms. The molecule has 0 aliphatic heterocycles. The monoisotopic (exact) mass is 208 g/mol. The molecule has 3 aromatic rings. The van der Waals surface area contributed by atoms with Crippen LogP contribution in [0.1, 0.15) is 11.1 Å². The summed E-state index contributed by atoms with van der Waals surface area (Å²) in [5, 5.41) is 10.9. The van der Waals surface area contributed by atoms with Gasteiger partial charge in [-0.3, -0.25) is 0 Å². The first-order valence-corrected chi connectivity index (χ1v) is 5.38. The summed E-state index contributed by atoms with van der Waals surface area (Å²) in [6, 6.07) is 12.5. The molecule has 78 valence electrons. The third kappa shape index (κ3) is 1.27. The molecule has 1 aromatic heterocycles. The normalized spacial score (nSPS) is 11.1. The van der Waals surface area contributed by atoms with Crippen LogP contribution in [0.2, 0.25) is 0 Å². The molecule has 3 rings (SSSR count). The first-order chi connectivity index (χ1) is 7.75. The van der Waals surface area contributed by atoms with Gasteiger partial charge in [-0.1, -0.05) is 29.8 Å². The van der Waals surface area contributed by atoms with Crippen molar-refractivity contribution in [2.75, 3.05) is 0 Å². The molecule has 1 heterocycles. The smallest absolute Gasteiger partial charge is 0.0965 e. The molecule has 0 saturated heterocycles. The predicted molar refractivity (Wildman–Crippen MR) is 66.5 cm³/mol. The van der Waals surface area contributed by atoms with E-state index in [0.29, 0.717) is 0 Å². The molecule has 0 unspecified atom stereocenters. The highest BCUT2D eigenvalue weighted by Gasteiger charge is 2.05. The lowest BCUT2D eigenvalue weighted by Crippen LogP contribution is -1.90. The van der Waals surface area contributed by atoms with Crippen LogP contribution in [-0.4, -0.2) is 10.2 Å². The Hall–Kier alpha value is -1.96. The van der Waals surface area contributed by atoms with Gasteiger partial charge in [-0.15, -0.1) is 10.2 Å². The standard InChI is InChI=1S/C14H12N2/c1-9-7-10(2)14-12(8-9)11-5-3-4-6-13(11)15-16-14/h3-8H,1-2H3. The molecule has 0 radical (unpaired) electrons. The summed E-state index contributed by atoms with van der Waals surface area (Å²) in [6.07, 6.45) is 0. The summed E-state index contributed by atoms with van der Waals surface area (Å²) in [7, 11) is 0. The quantitative estimate of drug-likeness (QED) is 0.529. The van der Waals surface area contributed by atoms with E-state index in [-0.39, 0.29) is 0 Å². The summed E-state index contributed by atoms with van der Waals surface area (Å²) in [6.45, 7) is 4.19. The highest BCUT2D eigenvalue weighted by atomic mass is 15.1. The summed E-state index contributed by atoms with van der Waals surface area (Å²) in [5.74, 6) is 0. The van der Waals surface area contributed by atoms with Crippen molar-refractivity contribution in [3.8, 4) is 0 Å². The number of benzene rings is 2. The third-order valence-corrected chi connectivity index (χ3v) is 2.90. The van der Waals surface area contributed by atoms with Crippen LogP contribution in [0.5, 0.6) is 0 Å². The Bertz CT molecular complexity index is 687. The lowest BCUT2D eigenvalue weighted by atomic mass is 10.0. The van der Waals surface area contributed by atoms with Gasteiger partial charge < -0.3 is 0 Å². The lowest BCUT2D eigenvalue weighted by Gasteiger charge is -2.05. The number of aryl methyl sites for hydroxylation is 2. The van der Waals surface area contributed by atoms with Crippen LogP contribution < -0.4 is 0 Å². The summed E-state index contributed by atoms with van der Waals surface area (Å²) < 4.78 is 0. The second-order valence-corrected chi connectivity index (χ2v) is 4.20. The van der Waals surface area contributed by atoms with Crippen LogP contribution in [0, 0.1) is 13.8 Å². The van der Waals surface area contributed by atoms with Crippen molar-refractivity contribution in [1.29, 1.82) is 0 Å². The van der Waals surface area contributed by atoms with Gasteiger partial charge in [-0.25, -0.2) is 0 Å². The van der Waals surface area contributed by atoms with Gasteiger partial charge in [-0.2, -0.15) is 0 Å². The molecule has 0 atom stereocenters. The Morgan fingerprint density at radius 1 is 0.875 bits per heavy atom. The maximum Gasteiger partial charge on any atom is 0.0965 e. The fraction of sp³-hybridized carbons (Fsp3) is 0.143. The largest absolute Gasteiger partial charge is 0.150 e. The van der Waals surface area contributed by atoms with E-state index < -0.39 is 0 Å². The molecule has 0 bridgehead atoms. The van der Waals surface area contributed by atoms with E-state index >= 15 is 0 Å². The van der Waals surface area contributed by atoms with E-state index in [0.717, 1.165) is 11.0 Å². The van der Waals surface area contributed by atoms with Crippen LogP contribution in [0.3, 0.4) is 0 Å². The SMILES string of the molecule is Cc1cc(C)c2nnc3ccccc3c2c1. The van der Waals surface area contributed by atoms with Crippen LogP contribution in [-0.2, 0) is 0 Å². The zero-order chi connectivity index (χ0) is 11.1. The molecule has 2 nitrogen and oxygen atoms in total. The minimum atomic E-state index is 0.958. The van der Waals surface area contributed by atoms with Gasteiger partial charge in [-0.05, 0) is 31.5 Å². The summed E-state index contributed by atoms with van der Waals surface area (Å²) in [5.41, 5.74) is 4.42. The van der Waals surface area contributed by atoms with Crippen molar-refractivity contribution in [2.24, 2.45) is 0 Å². The molecule has 16 heavy (non-hydrogen) atoms. The second-order valence-electron chi connectivity index (χ2n) is 4.20. The minimum absolute atomic E-state index is 0.958. The predicted octanol–water partition coefficient (Wildman–Crippen LogP) is 3.40. The van der Waals surface area contributed by atoms with Gasteiger partial charge in [0.05, 0.1) is 11.0 Å². The molecule has 0 saturated carbocycles. The van der Waals surface area contributed by atoms with Gasteiger partial charge in [0.25, 0.3) is 0 Å². The fourth-order valence-corrected chi connectivity index (χ4v) is 2.19. The van der Waals surface area contributed by atoms with Crippen LogP contribution in [0.15, 0.2) is 36.4 Å². The zero-order valence-corrected chi connectivity index (χ0v) is 9.36. The lowest BCUT2D eigenvalue weighted by molar-refractivity contribution is 1.11. The number of hydrogen-bond donors (Lipinski definition) is 0. The maximum absolute atomic E-state index is 4.30. The van der Waals surface area contributed by atoms with E-state index in [1.165, 1.54) is 21.9 Å². The van der Waals surface area contributed by atoms with E-state index in [9.17, 15) is 0 Å². The average molecular weight is 208 g/mol. The Morgan fingerprint density at radius 2 is 1.69 bits per heavy atom. The molecule has 0 amide bonds. The first kappa shape index (κ1) is 9.28. The van der Waals surface area contributed by atoms with Crippen molar-refractivity contribution in [3.05, 3.63) is 47.5 Å². The molecule has 0 aliphatic rings. The van der Waals surface area contributed by atoms with Crippen molar-refractivity contribution in [1.82, 2.24) is 10.2 Å². The van der Waals surface area contributed by atoms with Crippen molar-refractivity contribution in [2.45, 2.75) is 13.8 Å². The van der Waals surface area contributed by atoms with Crippen molar-refractivity contribution >= 4 is 21.8 Å². The molecule has 0 N–H and O–H groups in total. The Morgan fingerprint density at radius 3 is 2.56 bits per heavy atom. The van der Waals surface area contributed by atoms with Crippen LogP contribution in [0.25, 0.3) is 21.8 Å². The van der Waals surface area contributed by atoms with E-state index in [1.54, 1.807) is 0 Å². The average Bonchev–Trinajstić information content (AvgIpc) is 2.28. The number of nitrogens with zero attached hydrogens (tertiary/aromatic N) is 2. The summed E-state index contributed by atoms with van der Waals surface area (Å²) >= 11 is 0. The van der Waals surface area contributed by atoms with E-state index in [1.807, 2.05) is 18.2 Å². The Labute approximate surface area is 93.9 Å². The molecule has 2 aromatic carbocycles. The topological polar surface area (TPSA) is 25.8 Å². The molecule has 0 fully saturated rings. The van der Waals surface area contributed by atoms with Crippen molar-refractivity contribution in [3.63, 3.8) is 0 Å². The highest BCUT2D eigenvalue weighted by Crippen LogP contribution is 2.24. The van der Waals surface area contributed by atoms with E-state index in [4.69, 9.17) is 0 Å². The van der Waals surface area contributed by atoms with Gasteiger partial charge >= 0.3 is 0 Å². The zero-order valence-electron chi connectivity index (χ0n) is 9.36. The fourth-order valence-electron chi connectivity index (χ4n) is 2.19. The van der Waals surface area contributed by atoms with Gasteiger partial charge in [0.1, 0.15) is 0 Å². The number of rotatable bonds is 0. The molecule has 0 spiro atoms.